The molecule has 2 atom stereocenters. The van der Waals surface area contributed by atoms with Gasteiger partial charge in [-0.15, -0.1) is 0 Å². The van der Waals surface area contributed by atoms with Crippen molar-refractivity contribution in [2.45, 2.75) is 32.9 Å². The zero-order valence-corrected chi connectivity index (χ0v) is 14.0. The summed E-state index contributed by atoms with van der Waals surface area (Å²) < 4.78 is 19.8. The highest BCUT2D eigenvalue weighted by molar-refractivity contribution is 5.79. The highest BCUT2D eigenvalue weighted by Crippen LogP contribution is 2.12. The minimum atomic E-state index is -0.869. The number of aryl methyl sites for hydroxylation is 2. The fraction of sp³-hybridized carbons (Fsp3) is 0.412. The molecule has 130 valence electrons. The number of aliphatic hydroxyl groups is 1. The van der Waals surface area contributed by atoms with Gasteiger partial charge in [-0.3, -0.25) is 9.48 Å². The lowest BCUT2D eigenvalue weighted by molar-refractivity contribution is -0.124. The predicted molar refractivity (Wildman–Crippen MR) is 87.3 cm³/mol. The Morgan fingerprint density at radius 1 is 1.38 bits per heavy atom. The van der Waals surface area contributed by atoms with Gasteiger partial charge in [-0.2, -0.15) is 5.10 Å². The van der Waals surface area contributed by atoms with Gasteiger partial charge in [0.1, 0.15) is 30.3 Å². The molecule has 0 unspecified atom stereocenters. The molecule has 2 rings (SSSR count). The second-order valence-corrected chi connectivity index (χ2v) is 5.71. The number of hydrogen-bond donors (Lipinski definition) is 2. The SMILES string of the molecule is Cc1cc(C)n([C@H](C)C(=O)NC[C@@H](O)COc2ccc(F)cc2)n1. The molecule has 24 heavy (non-hydrogen) atoms. The molecular weight excluding hydrogens is 313 g/mol. The van der Waals surface area contributed by atoms with E-state index in [-0.39, 0.29) is 24.9 Å². The summed E-state index contributed by atoms with van der Waals surface area (Å²) in [6.45, 7) is 5.56. The van der Waals surface area contributed by atoms with Crippen LogP contribution in [-0.2, 0) is 4.79 Å². The highest BCUT2D eigenvalue weighted by atomic mass is 19.1. The Labute approximate surface area is 140 Å². The Kier molecular flexibility index (Phi) is 5.92. The van der Waals surface area contributed by atoms with E-state index >= 15 is 0 Å². The second kappa shape index (κ2) is 7.92. The van der Waals surface area contributed by atoms with E-state index < -0.39 is 12.1 Å². The number of benzene rings is 1. The lowest BCUT2D eigenvalue weighted by Crippen LogP contribution is -2.39. The summed E-state index contributed by atoms with van der Waals surface area (Å²) in [6, 6.07) is 6.94. The lowest BCUT2D eigenvalue weighted by Gasteiger charge is -2.17. The lowest BCUT2D eigenvalue weighted by atomic mass is 10.3. The van der Waals surface area contributed by atoms with Gasteiger partial charge in [0.2, 0.25) is 5.91 Å². The molecule has 0 saturated heterocycles. The van der Waals surface area contributed by atoms with E-state index in [0.717, 1.165) is 11.4 Å². The molecule has 7 heteroatoms. The fourth-order valence-corrected chi connectivity index (χ4v) is 2.30. The Bertz CT molecular complexity index is 685. The molecule has 2 aromatic rings. The molecule has 0 aliphatic heterocycles. The van der Waals surface area contributed by atoms with E-state index in [2.05, 4.69) is 10.4 Å². The second-order valence-electron chi connectivity index (χ2n) is 5.71. The van der Waals surface area contributed by atoms with Gasteiger partial charge in [0, 0.05) is 12.2 Å². The highest BCUT2D eigenvalue weighted by Gasteiger charge is 2.18. The van der Waals surface area contributed by atoms with Crippen LogP contribution in [0, 0.1) is 19.7 Å². The molecule has 1 amide bonds. The maximum absolute atomic E-state index is 12.8. The first-order chi connectivity index (χ1) is 11.4. The maximum Gasteiger partial charge on any atom is 0.244 e. The monoisotopic (exact) mass is 335 g/mol. The molecule has 0 fully saturated rings. The van der Waals surface area contributed by atoms with Crippen LogP contribution in [0.1, 0.15) is 24.4 Å². The third-order valence-corrected chi connectivity index (χ3v) is 3.56. The van der Waals surface area contributed by atoms with Crippen LogP contribution in [0.4, 0.5) is 4.39 Å². The number of carbonyl (C=O) groups is 1. The van der Waals surface area contributed by atoms with Crippen molar-refractivity contribution in [3.05, 3.63) is 47.5 Å². The number of aromatic nitrogens is 2. The largest absolute Gasteiger partial charge is 0.491 e. The van der Waals surface area contributed by atoms with Gasteiger partial charge in [0.05, 0.1) is 5.69 Å². The molecule has 2 N–H and O–H groups in total. The van der Waals surface area contributed by atoms with E-state index in [1.807, 2.05) is 19.9 Å². The summed E-state index contributed by atoms with van der Waals surface area (Å²) in [5, 5.41) is 16.8. The number of amides is 1. The van der Waals surface area contributed by atoms with E-state index in [1.165, 1.54) is 24.3 Å². The summed E-state index contributed by atoms with van der Waals surface area (Å²) in [7, 11) is 0. The van der Waals surface area contributed by atoms with Crippen molar-refractivity contribution in [1.29, 1.82) is 0 Å². The number of ether oxygens (including phenoxy) is 1. The summed E-state index contributed by atoms with van der Waals surface area (Å²) in [5.41, 5.74) is 1.75. The molecule has 0 aliphatic carbocycles. The van der Waals surface area contributed by atoms with Crippen LogP contribution in [0.3, 0.4) is 0 Å². The summed E-state index contributed by atoms with van der Waals surface area (Å²) >= 11 is 0. The van der Waals surface area contributed by atoms with Crippen LogP contribution in [0.2, 0.25) is 0 Å². The van der Waals surface area contributed by atoms with Crippen LogP contribution >= 0.6 is 0 Å². The van der Waals surface area contributed by atoms with E-state index in [1.54, 1.807) is 11.6 Å². The van der Waals surface area contributed by atoms with Crippen molar-refractivity contribution < 1.29 is 19.0 Å². The molecule has 0 aliphatic rings. The standard InChI is InChI=1S/C17H22FN3O3/c1-11-8-12(2)21(20-11)13(3)17(23)19-9-15(22)10-24-16-6-4-14(18)5-7-16/h4-8,13,15,22H,9-10H2,1-3H3,(H,19,23)/t13-,15-/m1/s1. The minimum Gasteiger partial charge on any atom is -0.491 e. The number of halogens is 1. The molecule has 1 aromatic heterocycles. The van der Waals surface area contributed by atoms with Crippen molar-refractivity contribution in [3.8, 4) is 5.75 Å². The molecule has 0 spiro atoms. The summed E-state index contributed by atoms with van der Waals surface area (Å²) in [4.78, 5) is 12.2. The van der Waals surface area contributed by atoms with Gasteiger partial charge >= 0.3 is 0 Å². The topological polar surface area (TPSA) is 76.4 Å². The molecule has 1 aromatic carbocycles. The van der Waals surface area contributed by atoms with Crippen LogP contribution in [0.5, 0.6) is 5.75 Å². The van der Waals surface area contributed by atoms with Crippen LogP contribution in [0.25, 0.3) is 0 Å². The number of carbonyl (C=O) groups excluding carboxylic acids is 1. The minimum absolute atomic E-state index is 0.000198. The first-order valence-electron chi connectivity index (χ1n) is 7.73. The number of hydrogen-bond acceptors (Lipinski definition) is 4. The molecule has 1 heterocycles. The van der Waals surface area contributed by atoms with Gasteiger partial charge in [0.25, 0.3) is 0 Å². The quantitative estimate of drug-likeness (QED) is 0.808. The van der Waals surface area contributed by atoms with E-state index in [0.29, 0.717) is 5.75 Å². The predicted octanol–water partition coefficient (Wildman–Crippen LogP) is 1.76. The van der Waals surface area contributed by atoms with Crippen molar-refractivity contribution in [2.24, 2.45) is 0 Å². The first-order valence-corrected chi connectivity index (χ1v) is 7.73. The van der Waals surface area contributed by atoms with Crippen molar-refractivity contribution in [2.75, 3.05) is 13.2 Å². The van der Waals surface area contributed by atoms with Gasteiger partial charge < -0.3 is 15.2 Å². The van der Waals surface area contributed by atoms with Crippen LogP contribution in [0.15, 0.2) is 30.3 Å². The zero-order chi connectivity index (χ0) is 17.7. The third kappa shape index (κ3) is 4.79. The number of aliphatic hydroxyl groups excluding tert-OH is 1. The number of nitrogens with one attached hydrogen (secondary N) is 1. The van der Waals surface area contributed by atoms with E-state index in [9.17, 15) is 14.3 Å². The maximum atomic E-state index is 12.8. The van der Waals surface area contributed by atoms with Crippen LogP contribution < -0.4 is 10.1 Å². The molecule has 0 radical (unpaired) electrons. The van der Waals surface area contributed by atoms with Gasteiger partial charge in [-0.1, -0.05) is 0 Å². The van der Waals surface area contributed by atoms with Gasteiger partial charge in [-0.05, 0) is 51.1 Å². The fourth-order valence-electron chi connectivity index (χ4n) is 2.30. The number of rotatable bonds is 7. The van der Waals surface area contributed by atoms with Gasteiger partial charge in [0.15, 0.2) is 0 Å². The Balaban J connectivity index is 1.78. The van der Waals surface area contributed by atoms with Crippen LogP contribution in [-0.4, -0.2) is 40.0 Å². The van der Waals surface area contributed by atoms with Crippen molar-refractivity contribution in [3.63, 3.8) is 0 Å². The Morgan fingerprint density at radius 2 is 2.04 bits per heavy atom. The normalized spacial score (nSPS) is 13.4. The Morgan fingerprint density at radius 3 is 2.62 bits per heavy atom. The zero-order valence-electron chi connectivity index (χ0n) is 14.0. The van der Waals surface area contributed by atoms with Crippen molar-refractivity contribution >= 4 is 5.91 Å². The molecule has 0 saturated carbocycles. The van der Waals surface area contributed by atoms with E-state index in [4.69, 9.17) is 4.74 Å². The Hall–Kier alpha value is -2.41. The smallest absolute Gasteiger partial charge is 0.244 e. The molecule has 0 bridgehead atoms. The molecule has 6 nitrogen and oxygen atoms in total. The summed E-state index contributed by atoms with van der Waals surface area (Å²) in [5.74, 6) is -0.131. The van der Waals surface area contributed by atoms with Crippen molar-refractivity contribution in [1.82, 2.24) is 15.1 Å². The third-order valence-electron chi connectivity index (χ3n) is 3.56. The van der Waals surface area contributed by atoms with Gasteiger partial charge in [-0.25, -0.2) is 4.39 Å². The number of nitrogens with zero attached hydrogens (tertiary/aromatic N) is 2. The summed E-state index contributed by atoms with van der Waals surface area (Å²) in [6.07, 6.45) is -0.869. The average molecular weight is 335 g/mol. The average Bonchev–Trinajstić information content (AvgIpc) is 2.89. The first kappa shape index (κ1) is 17.9. The molecular formula is C17H22FN3O3.